The SMILES string of the molecule is O=C(COc1cccc2c1C(=O)N(C1CCC(=O)NC1=O)C2=O)NCCCCCNC(=O)c1ccc2c(c1)CCC2. The van der Waals surface area contributed by atoms with Crippen LogP contribution in [0.4, 0.5) is 0 Å². The summed E-state index contributed by atoms with van der Waals surface area (Å²) in [6.45, 7) is 0.621. The summed E-state index contributed by atoms with van der Waals surface area (Å²) in [5.74, 6) is -2.86. The molecule has 1 aliphatic carbocycles. The molecule has 3 N–H and O–H groups in total. The zero-order valence-electron chi connectivity index (χ0n) is 22.6. The molecule has 0 spiro atoms. The number of carbonyl (C=O) groups is 6. The average molecular weight is 561 g/mol. The number of hydrogen-bond acceptors (Lipinski definition) is 7. The van der Waals surface area contributed by atoms with Crippen LogP contribution in [0.1, 0.15) is 80.7 Å². The number of ether oxygens (including phenoxy) is 1. The highest BCUT2D eigenvalue weighted by Crippen LogP contribution is 2.33. The van der Waals surface area contributed by atoms with Crippen molar-refractivity contribution < 1.29 is 33.5 Å². The van der Waals surface area contributed by atoms with Gasteiger partial charge in [0.15, 0.2) is 6.61 Å². The van der Waals surface area contributed by atoms with Crippen molar-refractivity contribution in [1.82, 2.24) is 20.9 Å². The van der Waals surface area contributed by atoms with Gasteiger partial charge >= 0.3 is 0 Å². The van der Waals surface area contributed by atoms with E-state index in [2.05, 4.69) is 16.0 Å². The topological polar surface area (TPSA) is 151 Å². The largest absolute Gasteiger partial charge is 0.483 e. The Labute approximate surface area is 237 Å². The normalized spacial score (nSPS) is 17.7. The fraction of sp³-hybridized carbons (Fsp3) is 0.400. The molecule has 1 unspecified atom stereocenters. The number of aryl methyl sites for hydroxylation is 2. The minimum Gasteiger partial charge on any atom is -0.483 e. The lowest BCUT2D eigenvalue weighted by Gasteiger charge is -2.27. The molecule has 3 aliphatic rings. The van der Waals surface area contributed by atoms with Gasteiger partial charge in [-0.25, -0.2) is 0 Å². The summed E-state index contributed by atoms with van der Waals surface area (Å²) < 4.78 is 5.59. The van der Waals surface area contributed by atoms with Crippen LogP contribution in [0, 0.1) is 0 Å². The zero-order valence-corrected chi connectivity index (χ0v) is 22.6. The van der Waals surface area contributed by atoms with Crippen molar-refractivity contribution in [1.29, 1.82) is 0 Å². The van der Waals surface area contributed by atoms with Crippen molar-refractivity contribution in [3.05, 3.63) is 64.2 Å². The fourth-order valence-corrected chi connectivity index (χ4v) is 5.47. The van der Waals surface area contributed by atoms with Gasteiger partial charge in [0.1, 0.15) is 11.8 Å². The summed E-state index contributed by atoms with van der Waals surface area (Å²) in [6, 6.07) is 9.31. The van der Waals surface area contributed by atoms with E-state index in [1.165, 1.54) is 29.3 Å². The smallest absolute Gasteiger partial charge is 0.266 e. The van der Waals surface area contributed by atoms with E-state index in [0.29, 0.717) is 18.7 Å². The minimum absolute atomic E-state index is 0.00284. The fourth-order valence-electron chi connectivity index (χ4n) is 5.47. The van der Waals surface area contributed by atoms with Crippen molar-refractivity contribution in [3.8, 4) is 5.75 Å². The molecule has 2 aromatic rings. The minimum atomic E-state index is -1.08. The number of rotatable bonds is 11. The van der Waals surface area contributed by atoms with E-state index in [1.54, 1.807) is 0 Å². The first-order valence-corrected chi connectivity index (χ1v) is 14.0. The van der Waals surface area contributed by atoms with E-state index in [9.17, 15) is 28.8 Å². The number of carbonyl (C=O) groups excluding carboxylic acids is 6. The van der Waals surface area contributed by atoms with Crippen molar-refractivity contribution in [3.63, 3.8) is 0 Å². The van der Waals surface area contributed by atoms with Gasteiger partial charge in [-0.15, -0.1) is 0 Å². The molecule has 41 heavy (non-hydrogen) atoms. The number of benzene rings is 2. The van der Waals surface area contributed by atoms with Gasteiger partial charge in [0.25, 0.3) is 23.6 Å². The van der Waals surface area contributed by atoms with Crippen LogP contribution in [-0.2, 0) is 27.2 Å². The summed E-state index contributed by atoms with van der Waals surface area (Å²) >= 11 is 0. The molecule has 2 aliphatic heterocycles. The maximum atomic E-state index is 13.1. The van der Waals surface area contributed by atoms with E-state index in [4.69, 9.17) is 4.74 Å². The van der Waals surface area contributed by atoms with E-state index in [-0.39, 0.29) is 48.1 Å². The number of nitrogens with zero attached hydrogens (tertiary/aromatic N) is 1. The second kappa shape index (κ2) is 12.3. The van der Waals surface area contributed by atoms with E-state index in [1.807, 2.05) is 18.2 Å². The van der Waals surface area contributed by atoms with Gasteiger partial charge in [-0.1, -0.05) is 12.1 Å². The van der Waals surface area contributed by atoms with Crippen LogP contribution in [0.25, 0.3) is 0 Å². The molecular weight excluding hydrogens is 528 g/mol. The van der Waals surface area contributed by atoms with Crippen molar-refractivity contribution >= 4 is 35.4 Å². The van der Waals surface area contributed by atoms with E-state index >= 15 is 0 Å². The van der Waals surface area contributed by atoms with Crippen molar-refractivity contribution in [2.75, 3.05) is 19.7 Å². The molecule has 11 heteroatoms. The molecule has 214 valence electrons. The lowest BCUT2D eigenvalue weighted by atomic mass is 10.0. The van der Waals surface area contributed by atoms with Crippen LogP contribution in [0.5, 0.6) is 5.75 Å². The Morgan fingerprint density at radius 3 is 2.49 bits per heavy atom. The second-order valence-corrected chi connectivity index (χ2v) is 10.4. The standard InChI is InChI=1S/C30H32N4O7/c35-24-13-12-22(28(38)33-24)34-29(39)21-8-5-9-23(26(21)30(34)40)41-17-25(36)31-14-2-1-3-15-32-27(37)20-11-10-18-6-4-7-19(18)16-20/h5,8-11,16,22H,1-4,6-7,12-15,17H2,(H,31,36)(H,32,37)(H,33,35,38). The van der Waals surface area contributed by atoms with Gasteiger partial charge in [-0.05, 0) is 80.3 Å². The molecular formula is C30H32N4O7. The predicted molar refractivity (Wildman–Crippen MR) is 146 cm³/mol. The summed E-state index contributed by atoms with van der Waals surface area (Å²) in [7, 11) is 0. The molecule has 0 bridgehead atoms. The Morgan fingerprint density at radius 2 is 1.68 bits per heavy atom. The summed E-state index contributed by atoms with van der Waals surface area (Å²) in [5, 5.41) is 7.86. The van der Waals surface area contributed by atoms with Crippen LogP contribution >= 0.6 is 0 Å². The highest BCUT2D eigenvalue weighted by atomic mass is 16.5. The molecule has 6 amide bonds. The monoisotopic (exact) mass is 560 g/mol. The summed E-state index contributed by atoms with van der Waals surface area (Å²) in [4.78, 5) is 75.3. The highest BCUT2D eigenvalue weighted by Gasteiger charge is 2.46. The number of nitrogens with one attached hydrogen (secondary N) is 3. The number of amides is 6. The molecule has 2 heterocycles. The second-order valence-electron chi connectivity index (χ2n) is 10.4. The summed E-state index contributed by atoms with van der Waals surface area (Å²) in [6.07, 6.45) is 5.64. The van der Waals surface area contributed by atoms with Crippen LogP contribution in [0.3, 0.4) is 0 Å². The summed E-state index contributed by atoms with van der Waals surface area (Å²) in [5.41, 5.74) is 3.37. The van der Waals surface area contributed by atoms with E-state index in [0.717, 1.165) is 43.4 Å². The van der Waals surface area contributed by atoms with Crippen LogP contribution in [0.15, 0.2) is 36.4 Å². The average Bonchev–Trinajstić information content (AvgIpc) is 3.53. The van der Waals surface area contributed by atoms with Gasteiger partial charge < -0.3 is 15.4 Å². The first-order valence-electron chi connectivity index (χ1n) is 14.0. The number of unbranched alkanes of at least 4 members (excludes halogenated alkanes) is 2. The number of piperidine rings is 1. The maximum absolute atomic E-state index is 13.1. The van der Waals surface area contributed by atoms with Gasteiger partial charge in [0.05, 0.1) is 11.1 Å². The zero-order chi connectivity index (χ0) is 28.9. The predicted octanol–water partition coefficient (Wildman–Crippen LogP) is 1.67. The third-order valence-electron chi connectivity index (χ3n) is 7.61. The molecule has 11 nitrogen and oxygen atoms in total. The number of imide groups is 2. The molecule has 1 saturated heterocycles. The molecule has 1 atom stereocenters. The molecule has 5 rings (SSSR count). The molecule has 2 aromatic carbocycles. The third-order valence-corrected chi connectivity index (χ3v) is 7.61. The lowest BCUT2D eigenvalue weighted by molar-refractivity contribution is -0.136. The van der Waals surface area contributed by atoms with E-state index < -0.39 is 29.7 Å². The number of hydrogen-bond donors (Lipinski definition) is 3. The quantitative estimate of drug-likeness (QED) is 0.279. The van der Waals surface area contributed by atoms with Crippen LogP contribution in [0.2, 0.25) is 0 Å². The van der Waals surface area contributed by atoms with Crippen LogP contribution < -0.4 is 20.7 Å². The van der Waals surface area contributed by atoms with Gasteiger partial charge in [0, 0.05) is 25.1 Å². The highest BCUT2D eigenvalue weighted by molar-refractivity contribution is 6.24. The first kappa shape index (κ1) is 28.0. The molecule has 0 aromatic heterocycles. The van der Waals surface area contributed by atoms with Crippen molar-refractivity contribution in [2.24, 2.45) is 0 Å². The molecule has 0 radical (unpaired) electrons. The Kier molecular flexibility index (Phi) is 8.42. The van der Waals surface area contributed by atoms with Crippen LogP contribution in [-0.4, -0.2) is 66.1 Å². The number of fused-ring (bicyclic) bond motifs is 2. The Balaban J connectivity index is 1.02. The van der Waals surface area contributed by atoms with Gasteiger partial charge in [0.2, 0.25) is 11.8 Å². The molecule has 0 saturated carbocycles. The first-order chi connectivity index (χ1) is 19.8. The Hall–Kier alpha value is -4.54. The molecule has 1 fully saturated rings. The Morgan fingerprint density at radius 1 is 0.902 bits per heavy atom. The Bertz CT molecular complexity index is 1420. The maximum Gasteiger partial charge on any atom is 0.266 e. The third kappa shape index (κ3) is 6.13. The van der Waals surface area contributed by atoms with Gasteiger partial charge in [-0.2, -0.15) is 0 Å². The van der Waals surface area contributed by atoms with Crippen molar-refractivity contribution in [2.45, 2.75) is 57.4 Å². The lowest BCUT2D eigenvalue weighted by Crippen LogP contribution is -2.54. The van der Waals surface area contributed by atoms with Gasteiger partial charge in [-0.3, -0.25) is 39.0 Å².